The summed E-state index contributed by atoms with van der Waals surface area (Å²) in [4.78, 5) is 16.3. The molecular formula is C13H13BrN2OS2. The van der Waals surface area contributed by atoms with Gasteiger partial charge in [0, 0.05) is 24.0 Å². The van der Waals surface area contributed by atoms with E-state index in [4.69, 9.17) is 0 Å². The summed E-state index contributed by atoms with van der Waals surface area (Å²) < 4.78 is 1.06. The molecule has 6 heteroatoms. The highest BCUT2D eigenvalue weighted by Crippen LogP contribution is 2.25. The van der Waals surface area contributed by atoms with Gasteiger partial charge in [0.1, 0.15) is 0 Å². The molecule has 1 N–H and O–H groups in total. The summed E-state index contributed by atoms with van der Waals surface area (Å²) in [5, 5.41) is 3.99. The maximum atomic E-state index is 11.9. The molecule has 0 aliphatic heterocycles. The van der Waals surface area contributed by atoms with Crippen LogP contribution in [0.4, 0.5) is 0 Å². The second-order valence-corrected chi connectivity index (χ2v) is 7.68. The molecule has 2 aromatic heterocycles. The fourth-order valence-corrected chi connectivity index (χ4v) is 3.97. The van der Waals surface area contributed by atoms with Gasteiger partial charge in [0.25, 0.3) is 5.91 Å². The molecule has 0 saturated heterocycles. The van der Waals surface area contributed by atoms with Crippen LogP contribution in [0.25, 0.3) is 0 Å². The minimum absolute atomic E-state index is 0.162. The van der Waals surface area contributed by atoms with E-state index in [1.165, 1.54) is 4.88 Å². The van der Waals surface area contributed by atoms with Gasteiger partial charge < -0.3 is 0 Å². The van der Waals surface area contributed by atoms with Gasteiger partial charge in [-0.15, -0.1) is 22.7 Å². The average Bonchev–Trinajstić information content (AvgIpc) is 2.82. The van der Waals surface area contributed by atoms with E-state index in [-0.39, 0.29) is 5.91 Å². The van der Waals surface area contributed by atoms with Gasteiger partial charge in [0.2, 0.25) is 0 Å². The number of thiophene rings is 2. The summed E-state index contributed by atoms with van der Waals surface area (Å²) in [6.07, 6.45) is 1.66. The molecule has 19 heavy (non-hydrogen) atoms. The third-order valence-corrected chi connectivity index (χ3v) is 5.56. The van der Waals surface area contributed by atoms with Crippen LogP contribution < -0.4 is 5.43 Å². The van der Waals surface area contributed by atoms with Crippen LogP contribution in [-0.4, -0.2) is 12.1 Å². The SMILES string of the molecule is Cc1cc(C(=O)N/N=C\c2cc(Br)c(C)s2)c(C)s1. The Morgan fingerprint density at radius 3 is 2.53 bits per heavy atom. The van der Waals surface area contributed by atoms with Gasteiger partial charge in [-0.2, -0.15) is 5.10 Å². The second-order valence-electron chi connectivity index (χ2n) is 4.08. The number of carbonyl (C=O) groups excluding carboxylic acids is 1. The zero-order valence-corrected chi connectivity index (χ0v) is 14.0. The number of carbonyl (C=O) groups is 1. The maximum Gasteiger partial charge on any atom is 0.272 e. The van der Waals surface area contributed by atoms with Crippen molar-refractivity contribution >= 4 is 50.7 Å². The maximum absolute atomic E-state index is 11.9. The third kappa shape index (κ3) is 3.52. The molecule has 0 unspecified atom stereocenters. The predicted molar refractivity (Wildman–Crippen MR) is 85.6 cm³/mol. The summed E-state index contributed by atoms with van der Waals surface area (Å²) in [6, 6.07) is 3.87. The predicted octanol–water partition coefficient (Wildman–Crippen LogP) is 4.26. The van der Waals surface area contributed by atoms with Gasteiger partial charge in [0.05, 0.1) is 11.8 Å². The van der Waals surface area contributed by atoms with Crippen molar-refractivity contribution in [3.63, 3.8) is 0 Å². The Bertz CT molecular complexity index is 624. The van der Waals surface area contributed by atoms with Crippen LogP contribution in [0.15, 0.2) is 21.7 Å². The molecule has 100 valence electrons. The number of nitrogens with zero attached hydrogens (tertiary/aromatic N) is 1. The number of hydrazone groups is 1. The summed E-state index contributed by atoms with van der Waals surface area (Å²) in [6.45, 7) is 5.96. The molecule has 0 bridgehead atoms. The number of hydrogen-bond donors (Lipinski definition) is 1. The largest absolute Gasteiger partial charge is 0.272 e. The summed E-state index contributed by atoms with van der Waals surface area (Å²) in [5.41, 5.74) is 3.26. The molecule has 3 nitrogen and oxygen atoms in total. The first-order valence-electron chi connectivity index (χ1n) is 5.63. The zero-order chi connectivity index (χ0) is 14.0. The quantitative estimate of drug-likeness (QED) is 0.647. The van der Waals surface area contributed by atoms with Gasteiger partial charge in [-0.3, -0.25) is 4.79 Å². The molecule has 0 aliphatic carbocycles. The number of hydrogen-bond acceptors (Lipinski definition) is 4. The lowest BCUT2D eigenvalue weighted by Crippen LogP contribution is -2.17. The minimum atomic E-state index is -0.162. The molecule has 0 spiro atoms. The zero-order valence-electron chi connectivity index (χ0n) is 10.8. The first-order chi connectivity index (χ1) is 8.97. The van der Waals surface area contributed by atoms with E-state index in [1.807, 2.05) is 32.9 Å². The van der Waals surface area contributed by atoms with Gasteiger partial charge in [-0.1, -0.05) is 0 Å². The second kappa shape index (κ2) is 5.98. The monoisotopic (exact) mass is 356 g/mol. The van der Waals surface area contributed by atoms with E-state index in [1.54, 1.807) is 28.9 Å². The summed E-state index contributed by atoms with van der Waals surface area (Å²) in [7, 11) is 0. The lowest BCUT2D eigenvalue weighted by atomic mass is 10.2. The van der Waals surface area contributed by atoms with Crippen molar-refractivity contribution in [2.24, 2.45) is 5.10 Å². The number of aryl methyl sites for hydroxylation is 3. The van der Waals surface area contributed by atoms with E-state index in [0.29, 0.717) is 5.56 Å². The van der Waals surface area contributed by atoms with E-state index >= 15 is 0 Å². The van der Waals surface area contributed by atoms with Gasteiger partial charge >= 0.3 is 0 Å². The fourth-order valence-electron chi connectivity index (χ4n) is 1.62. The normalized spacial score (nSPS) is 11.2. The van der Waals surface area contributed by atoms with Crippen LogP contribution in [0.5, 0.6) is 0 Å². The van der Waals surface area contributed by atoms with E-state index < -0.39 is 0 Å². The van der Waals surface area contributed by atoms with E-state index in [2.05, 4.69) is 26.5 Å². The van der Waals surface area contributed by atoms with Crippen molar-refractivity contribution in [2.75, 3.05) is 0 Å². The van der Waals surface area contributed by atoms with Crippen LogP contribution in [-0.2, 0) is 0 Å². The van der Waals surface area contributed by atoms with Crippen LogP contribution in [0.1, 0.15) is 29.9 Å². The van der Waals surface area contributed by atoms with Crippen molar-refractivity contribution in [3.05, 3.63) is 41.7 Å². The number of amides is 1. The topological polar surface area (TPSA) is 41.5 Å². The van der Waals surface area contributed by atoms with Crippen molar-refractivity contribution in [1.29, 1.82) is 0 Å². The third-order valence-electron chi connectivity index (χ3n) is 2.52. The number of rotatable bonds is 3. The number of halogens is 1. The first kappa shape index (κ1) is 14.4. The molecule has 0 radical (unpaired) electrons. The molecule has 2 heterocycles. The van der Waals surface area contributed by atoms with Crippen molar-refractivity contribution in [2.45, 2.75) is 20.8 Å². The summed E-state index contributed by atoms with van der Waals surface area (Å²) >= 11 is 6.69. The van der Waals surface area contributed by atoms with Gasteiger partial charge in [-0.25, -0.2) is 5.43 Å². The van der Waals surface area contributed by atoms with E-state index in [9.17, 15) is 4.79 Å². The van der Waals surface area contributed by atoms with Crippen molar-refractivity contribution < 1.29 is 4.79 Å². The first-order valence-corrected chi connectivity index (χ1v) is 8.06. The highest BCUT2D eigenvalue weighted by Gasteiger charge is 2.10. The molecule has 0 atom stereocenters. The molecule has 2 aromatic rings. The highest BCUT2D eigenvalue weighted by molar-refractivity contribution is 9.10. The average molecular weight is 357 g/mol. The Morgan fingerprint density at radius 1 is 1.26 bits per heavy atom. The van der Waals surface area contributed by atoms with Crippen LogP contribution in [0.2, 0.25) is 0 Å². The Kier molecular flexibility index (Phi) is 4.54. The minimum Gasteiger partial charge on any atom is -0.267 e. The number of nitrogens with one attached hydrogen (secondary N) is 1. The molecule has 2 rings (SSSR count). The van der Waals surface area contributed by atoms with Gasteiger partial charge in [-0.05, 0) is 48.8 Å². The van der Waals surface area contributed by atoms with Crippen molar-refractivity contribution in [1.82, 2.24) is 5.43 Å². The van der Waals surface area contributed by atoms with Crippen molar-refractivity contribution in [3.8, 4) is 0 Å². The molecule has 1 amide bonds. The van der Waals surface area contributed by atoms with Crippen LogP contribution in [0.3, 0.4) is 0 Å². The smallest absolute Gasteiger partial charge is 0.267 e. The lowest BCUT2D eigenvalue weighted by Gasteiger charge is -1.97. The Hall–Kier alpha value is -0.980. The van der Waals surface area contributed by atoms with Gasteiger partial charge in [0.15, 0.2) is 0 Å². The summed E-state index contributed by atoms with van der Waals surface area (Å²) in [5.74, 6) is -0.162. The molecule has 0 aromatic carbocycles. The highest BCUT2D eigenvalue weighted by atomic mass is 79.9. The molecule has 0 saturated carbocycles. The fraction of sp³-hybridized carbons (Fsp3) is 0.231. The molecular weight excluding hydrogens is 344 g/mol. The van der Waals surface area contributed by atoms with E-state index in [0.717, 1.165) is 19.1 Å². The van der Waals surface area contributed by atoms with Crippen LogP contribution in [0, 0.1) is 20.8 Å². The molecule has 0 fully saturated rings. The molecule has 0 aliphatic rings. The van der Waals surface area contributed by atoms with Crippen LogP contribution >= 0.6 is 38.6 Å². The standard InChI is InChI=1S/C13H13BrN2OS2/c1-7-4-11(8(2)18-7)13(17)16-15-6-10-5-12(14)9(3)19-10/h4-6H,1-3H3,(H,16,17)/b15-6-. The Morgan fingerprint density at radius 2 is 2.00 bits per heavy atom. The lowest BCUT2D eigenvalue weighted by molar-refractivity contribution is 0.0955. The Labute approximate surface area is 128 Å². The Balaban J connectivity index is 2.02.